The van der Waals surface area contributed by atoms with Crippen LogP contribution in [0, 0.1) is 5.92 Å². The summed E-state index contributed by atoms with van der Waals surface area (Å²) in [6.07, 6.45) is 2.50. The van der Waals surface area contributed by atoms with Crippen molar-refractivity contribution in [1.29, 1.82) is 0 Å². The summed E-state index contributed by atoms with van der Waals surface area (Å²) in [7, 11) is 0. The third kappa shape index (κ3) is 5.77. The molecule has 0 radical (unpaired) electrons. The zero-order chi connectivity index (χ0) is 16.8. The molecule has 132 valence electrons. The fourth-order valence-electron chi connectivity index (χ4n) is 3.19. The highest BCUT2D eigenvalue weighted by molar-refractivity contribution is 5.79. The van der Waals surface area contributed by atoms with Crippen LogP contribution in [-0.2, 0) is 9.59 Å². The van der Waals surface area contributed by atoms with E-state index < -0.39 is 0 Å². The molecule has 1 saturated heterocycles. The summed E-state index contributed by atoms with van der Waals surface area (Å²) in [4.78, 5) is 30.4. The Kier molecular flexibility index (Phi) is 6.84. The summed E-state index contributed by atoms with van der Waals surface area (Å²) in [5.74, 6) is 1.04. The molecule has 2 amide bonds. The average molecular weight is 324 g/mol. The fraction of sp³-hybridized carbons (Fsp3) is 0.882. The van der Waals surface area contributed by atoms with Crippen molar-refractivity contribution < 1.29 is 9.59 Å². The molecule has 1 unspecified atom stereocenters. The van der Waals surface area contributed by atoms with Crippen LogP contribution in [-0.4, -0.2) is 84.9 Å². The van der Waals surface area contributed by atoms with E-state index in [1.54, 1.807) is 0 Å². The van der Waals surface area contributed by atoms with E-state index in [0.29, 0.717) is 25.0 Å². The lowest BCUT2D eigenvalue weighted by Gasteiger charge is -2.35. The SMILES string of the molecule is CCN(CC)C(=O)CN1CCN(CC(=O)NC(C)C2CC2)CC1. The van der Waals surface area contributed by atoms with E-state index >= 15 is 0 Å². The van der Waals surface area contributed by atoms with E-state index in [1.807, 2.05) is 18.7 Å². The number of rotatable bonds is 8. The maximum absolute atomic E-state index is 12.1. The number of carbonyl (C=O) groups excluding carboxylic acids is 2. The van der Waals surface area contributed by atoms with Gasteiger partial charge in [-0.25, -0.2) is 0 Å². The smallest absolute Gasteiger partial charge is 0.236 e. The molecule has 1 atom stereocenters. The number of carbonyl (C=O) groups is 2. The Morgan fingerprint density at radius 1 is 1.04 bits per heavy atom. The molecule has 23 heavy (non-hydrogen) atoms. The molecule has 0 bridgehead atoms. The largest absolute Gasteiger partial charge is 0.352 e. The van der Waals surface area contributed by atoms with Crippen LogP contribution in [0.25, 0.3) is 0 Å². The Bertz CT molecular complexity index is 399. The number of nitrogens with one attached hydrogen (secondary N) is 1. The number of piperazine rings is 1. The van der Waals surface area contributed by atoms with Crippen LogP contribution in [0.15, 0.2) is 0 Å². The van der Waals surface area contributed by atoms with Crippen molar-refractivity contribution in [3.05, 3.63) is 0 Å². The summed E-state index contributed by atoms with van der Waals surface area (Å²) >= 11 is 0. The number of hydrogen-bond acceptors (Lipinski definition) is 4. The van der Waals surface area contributed by atoms with Crippen molar-refractivity contribution in [2.24, 2.45) is 5.92 Å². The lowest BCUT2D eigenvalue weighted by atomic mass is 10.2. The number of hydrogen-bond donors (Lipinski definition) is 1. The van der Waals surface area contributed by atoms with Crippen molar-refractivity contribution in [3.8, 4) is 0 Å². The first kappa shape index (κ1) is 18.2. The van der Waals surface area contributed by atoms with Gasteiger partial charge in [-0.15, -0.1) is 0 Å². The van der Waals surface area contributed by atoms with E-state index in [1.165, 1.54) is 12.8 Å². The van der Waals surface area contributed by atoms with Gasteiger partial charge in [-0.05, 0) is 39.5 Å². The Morgan fingerprint density at radius 3 is 2.04 bits per heavy atom. The number of nitrogens with zero attached hydrogens (tertiary/aromatic N) is 3. The van der Waals surface area contributed by atoms with E-state index in [-0.39, 0.29) is 11.8 Å². The van der Waals surface area contributed by atoms with Gasteiger partial charge >= 0.3 is 0 Å². The lowest BCUT2D eigenvalue weighted by Crippen LogP contribution is -2.52. The second-order valence-electron chi connectivity index (χ2n) is 6.81. The summed E-state index contributed by atoms with van der Waals surface area (Å²) in [5.41, 5.74) is 0. The molecule has 0 spiro atoms. The van der Waals surface area contributed by atoms with Gasteiger partial charge in [-0.2, -0.15) is 0 Å². The van der Waals surface area contributed by atoms with E-state index in [2.05, 4.69) is 22.0 Å². The van der Waals surface area contributed by atoms with Gasteiger partial charge in [0.25, 0.3) is 0 Å². The molecule has 1 aliphatic carbocycles. The number of likely N-dealkylation sites (N-methyl/N-ethyl adjacent to an activating group) is 1. The molecule has 6 nitrogen and oxygen atoms in total. The third-order valence-electron chi connectivity index (χ3n) is 5.02. The van der Waals surface area contributed by atoms with Crippen molar-refractivity contribution >= 4 is 11.8 Å². The predicted molar refractivity (Wildman–Crippen MR) is 91.1 cm³/mol. The topological polar surface area (TPSA) is 55.9 Å². The highest BCUT2D eigenvalue weighted by atomic mass is 16.2. The summed E-state index contributed by atoms with van der Waals surface area (Å²) in [6.45, 7) is 12.1. The molecule has 1 saturated carbocycles. The van der Waals surface area contributed by atoms with Gasteiger partial charge in [-0.1, -0.05) is 0 Å². The first-order chi connectivity index (χ1) is 11.0. The van der Waals surface area contributed by atoms with Crippen molar-refractivity contribution in [2.45, 2.75) is 39.7 Å². The van der Waals surface area contributed by atoms with Crippen molar-refractivity contribution in [3.63, 3.8) is 0 Å². The third-order valence-corrected chi connectivity index (χ3v) is 5.02. The Hall–Kier alpha value is -1.14. The van der Waals surface area contributed by atoms with Crippen LogP contribution in [0.2, 0.25) is 0 Å². The minimum absolute atomic E-state index is 0.136. The van der Waals surface area contributed by atoms with Gasteiger partial charge in [-0.3, -0.25) is 19.4 Å². The van der Waals surface area contributed by atoms with Crippen molar-refractivity contribution in [1.82, 2.24) is 20.0 Å². The van der Waals surface area contributed by atoms with Gasteiger partial charge in [0, 0.05) is 45.3 Å². The van der Waals surface area contributed by atoms with Crippen LogP contribution in [0.5, 0.6) is 0 Å². The fourth-order valence-corrected chi connectivity index (χ4v) is 3.19. The monoisotopic (exact) mass is 324 g/mol. The molecule has 6 heteroatoms. The summed E-state index contributed by atoms with van der Waals surface area (Å²) in [6, 6.07) is 0.315. The van der Waals surface area contributed by atoms with Crippen LogP contribution in [0.3, 0.4) is 0 Å². The molecular formula is C17H32N4O2. The maximum Gasteiger partial charge on any atom is 0.236 e. The van der Waals surface area contributed by atoms with Gasteiger partial charge in [0.05, 0.1) is 13.1 Å². The van der Waals surface area contributed by atoms with Crippen LogP contribution in [0.1, 0.15) is 33.6 Å². The molecule has 1 N–H and O–H groups in total. The van der Waals surface area contributed by atoms with E-state index in [9.17, 15) is 9.59 Å². The molecule has 2 aliphatic rings. The second-order valence-corrected chi connectivity index (χ2v) is 6.81. The quantitative estimate of drug-likeness (QED) is 0.702. The van der Waals surface area contributed by atoms with Gasteiger partial charge < -0.3 is 10.2 Å². The average Bonchev–Trinajstić information content (AvgIpc) is 3.35. The normalized spacial score (nSPS) is 21.0. The van der Waals surface area contributed by atoms with Crippen LogP contribution >= 0.6 is 0 Å². The van der Waals surface area contributed by atoms with Crippen LogP contribution < -0.4 is 5.32 Å². The summed E-state index contributed by atoms with van der Waals surface area (Å²) < 4.78 is 0. The minimum Gasteiger partial charge on any atom is -0.352 e. The summed E-state index contributed by atoms with van der Waals surface area (Å²) in [5, 5.41) is 3.11. The van der Waals surface area contributed by atoms with Gasteiger partial charge in [0.2, 0.25) is 11.8 Å². The Morgan fingerprint density at radius 2 is 1.57 bits per heavy atom. The van der Waals surface area contributed by atoms with E-state index in [0.717, 1.165) is 39.3 Å². The molecule has 0 aromatic carbocycles. The van der Waals surface area contributed by atoms with E-state index in [4.69, 9.17) is 0 Å². The van der Waals surface area contributed by atoms with Gasteiger partial charge in [0.15, 0.2) is 0 Å². The highest BCUT2D eigenvalue weighted by Gasteiger charge is 2.29. The molecule has 2 rings (SSSR count). The van der Waals surface area contributed by atoms with Gasteiger partial charge in [0.1, 0.15) is 0 Å². The molecular weight excluding hydrogens is 292 g/mol. The molecule has 1 aliphatic heterocycles. The first-order valence-electron chi connectivity index (χ1n) is 9.05. The molecule has 0 aromatic heterocycles. The standard InChI is InChI=1S/C17H32N4O2/c1-4-21(5-2)17(23)13-20-10-8-19(9-11-20)12-16(22)18-14(3)15-6-7-15/h14-15H,4-13H2,1-3H3,(H,18,22). The molecule has 0 aromatic rings. The Labute approximate surface area is 140 Å². The maximum atomic E-state index is 12.1. The minimum atomic E-state index is 0.136. The van der Waals surface area contributed by atoms with Crippen LogP contribution in [0.4, 0.5) is 0 Å². The predicted octanol–water partition coefficient (Wildman–Crippen LogP) is 0.387. The molecule has 2 fully saturated rings. The zero-order valence-corrected chi connectivity index (χ0v) is 14.9. The zero-order valence-electron chi connectivity index (χ0n) is 14.9. The lowest BCUT2D eigenvalue weighted by molar-refractivity contribution is -0.133. The highest BCUT2D eigenvalue weighted by Crippen LogP contribution is 2.32. The Balaban J connectivity index is 1.65. The molecule has 1 heterocycles. The second kappa shape index (κ2) is 8.64. The number of amides is 2. The first-order valence-corrected chi connectivity index (χ1v) is 9.05. The van der Waals surface area contributed by atoms with Crippen molar-refractivity contribution in [2.75, 3.05) is 52.4 Å².